The first-order valence-corrected chi connectivity index (χ1v) is 7.63. The molecule has 0 N–H and O–H groups in total. The van der Waals surface area contributed by atoms with Gasteiger partial charge in [-0.2, -0.15) is 0 Å². The molecule has 1 fully saturated rings. The summed E-state index contributed by atoms with van der Waals surface area (Å²) in [5.74, 6) is 0.104. The third-order valence-corrected chi connectivity index (χ3v) is 4.34. The molecule has 0 aromatic heterocycles. The summed E-state index contributed by atoms with van der Waals surface area (Å²) in [4.78, 5) is 20.7. The maximum Gasteiger partial charge on any atom is 0.246 e. The molecule has 0 aliphatic carbocycles. The van der Waals surface area contributed by atoms with Crippen molar-refractivity contribution in [3.8, 4) is 0 Å². The average Bonchev–Trinajstić information content (AvgIpc) is 2.86. The van der Waals surface area contributed by atoms with Crippen molar-refractivity contribution < 1.29 is 4.79 Å². The first-order valence-electron chi connectivity index (χ1n) is 6.75. The van der Waals surface area contributed by atoms with Gasteiger partial charge in [0.15, 0.2) is 5.17 Å². The quantitative estimate of drug-likeness (QED) is 0.571. The average molecular weight is 279 g/mol. The van der Waals surface area contributed by atoms with Crippen molar-refractivity contribution in [2.45, 2.75) is 19.1 Å². The number of hydrogen-bond donors (Lipinski definition) is 0. The fourth-order valence-corrected chi connectivity index (χ4v) is 3.10. The van der Waals surface area contributed by atoms with Crippen molar-refractivity contribution in [3.05, 3.63) is 24.3 Å². The molecule has 0 saturated carbocycles. The van der Waals surface area contributed by atoms with Crippen molar-refractivity contribution in [3.63, 3.8) is 0 Å². The molecular formula is C14H21N3OS. The van der Waals surface area contributed by atoms with Gasteiger partial charge in [0, 0.05) is 37.5 Å². The van der Waals surface area contributed by atoms with Gasteiger partial charge in [-0.15, -0.1) is 0 Å². The lowest BCUT2D eigenvalue weighted by molar-refractivity contribution is -0.127. The largest absolute Gasteiger partial charge is 0.348 e. The van der Waals surface area contributed by atoms with Gasteiger partial charge in [0.1, 0.15) is 0 Å². The number of allylic oxidation sites excluding steroid dienone is 3. The molecule has 0 spiro atoms. The second-order valence-electron chi connectivity index (χ2n) is 4.75. The van der Waals surface area contributed by atoms with Crippen LogP contribution in [0.3, 0.4) is 0 Å². The van der Waals surface area contributed by atoms with E-state index in [2.05, 4.69) is 16.8 Å². The van der Waals surface area contributed by atoms with E-state index in [-0.39, 0.29) is 5.91 Å². The summed E-state index contributed by atoms with van der Waals surface area (Å²) in [6.07, 6.45) is 7.23. The van der Waals surface area contributed by atoms with Crippen LogP contribution in [0.1, 0.15) is 13.8 Å². The van der Waals surface area contributed by atoms with Gasteiger partial charge in [0.2, 0.25) is 5.91 Å². The zero-order valence-corrected chi connectivity index (χ0v) is 12.4. The Morgan fingerprint density at radius 1 is 1.32 bits per heavy atom. The summed E-state index contributed by atoms with van der Waals surface area (Å²) >= 11 is 1.85. The van der Waals surface area contributed by atoms with E-state index in [1.54, 1.807) is 12.2 Å². The molecule has 1 amide bonds. The lowest BCUT2D eigenvalue weighted by atomic mass is 10.3. The van der Waals surface area contributed by atoms with Crippen LogP contribution in [-0.4, -0.2) is 58.8 Å². The van der Waals surface area contributed by atoms with Gasteiger partial charge < -0.3 is 9.80 Å². The predicted octanol–water partition coefficient (Wildman–Crippen LogP) is 1.75. The summed E-state index contributed by atoms with van der Waals surface area (Å²) < 4.78 is 0. The Bertz CT molecular complexity index is 409. The number of thioether (sulfide) groups is 1. The van der Waals surface area contributed by atoms with Gasteiger partial charge in [-0.1, -0.05) is 36.9 Å². The van der Waals surface area contributed by atoms with Crippen LogP contribution < -0.4 is 0 Å². The van der Waals surface area contributed by atoms with Crippen LogP contribution >= 0.6 is 11.8 Å². The van der Waals surface area contributed by atoms with E-state index in [0.29, 0.717) is 5.25 Å². The SMILES string of the molecule is C/C=C/C=C/C(=O)N1CCN(C2=NC[C@H](C)S2)CC1. The molecule has 5 heteroatoms. The monoisotopic (exact) mass is 279 g/mol. The molecule has 2 aliphatic rings. The summed E-state index contributed by atoms with van der Waals surface area (Å²) in [6.45, 7) is 8.41. The lowest BCUT2D eigenvalue weighted by Gasteiger charge is -2.35. The molecule has 104 valence electrons. The minimum atomic E-state index is 0.104. The highest BCUT2D eigenvalue weighted by Crippen LogP contribution is 2.23. The van der Waals surface area contributed by atoms with E-state index in [1.807, 2.05) is 35.7 Å². The second-order valence-corrected chi connectivity index (χ2v) is 6.15. The van der Waals surface area contributed by atoms with Gasteiger partial charge in [-0.25, -0.2) is 0 Å². The van der Waals surface area contributed by atoms with Gasteiger partial charge in [0.25, 0.3) is 0 Å². The summed E-state index contributed by atoms with van der Waals surface area (Å²) in [7, 11) is 0. The van der Waals surface area contributed by atoms with E-state index in [1.165, 1.54) is 0 Å². The first kappa shape index (κ1) is 14.2. The zero-order chi connectivity index (χ0) is 13.7. The third kappa shape index (κ3) is 3.86. The molecule has 1 atom stereocenters. The van der Waals surface area contributed by atoms with Gasteiger partial charge in [0.05, 0.1) is 6.54 Å². The zero-order valence-electron chi connectivity index (χ0n) is 11.6. The van der Waals surface area contributed by atoms with Crippen molar-refractivity contribution in [1.82, 2.24) is 9.80 Å². The Morgan fingerprint density at radius 3 is 2.63 bits per heavy atom. The predicted molar refractivity (Wildman–Crippen MR) is 81.5 cm³/mol. The highest BCUT2D eigenvalue weighted by molar-refractivity contribution is 8.14. The van der Waals surface area contributed by atoms with E-state index in [4.69, 9.17) is 0 Å². The number of carbonyl (C=O) groups is 1. The van der Waals surface area contributed by atoms with Gasteiger partial charge >= 0.3 is 0 Å². The summed E-state index contributed by atoms with van der Waals surface area (Å²) in [5.41, 5.74) is 0. The van der Waals surface area contributed by atoms with E-state index in [9.17, 15) is 4.79 Å². The fourth-order valence-electron chi connectivity index (χ4n) is 2.11. The molecule has 0 unspecified atom stereocenters. The van der Waals surface area contributed by atoms with E-state index < -0.39 is 0 Å². The number of rotatable bonds is 2. The highest BCUT2D eigenvalue weighted by Gasteiger charge is 2.25. The molecule has 2 heterocycles. The van der Waals surface area contributed by atoms with Crippen LogP contribution in [0.15, 0.2) is 29.3 Å². The Labute approximate surface area is 119 Å². The first-order chi connectivity index (χ1) is 9.20. The van der Waals surface area contributed by atoms with Crippen LogP contribution in [0.4, 0.5) is 0 Å². The van der Waals surface area contributed by atoms with Crippen LogP contribution in [0.5, 0.6) is 0 Å². The maximum atomic E-state index is 11.9. The van der Waals surface area contributed by atoms with Crippen molar-refractivity contribution in [2.75, 3.05) is 32.7 Å². The Balaban J connectivity index is 1.81. The Kier molecular flexibility index (Phi) is 5.07. The number of amides is 1. The molecular weight excluding hydrogens is 258 g/mol. The lowest BCUT2D eigenvalue weighted by Crippen LogP contribution is -2.49. The molecule has 1 saturated heterocycles. The number of amidine groups is 1. The minimum absolute atomic E-state index is 0.104. The second kappa shape index (κ2) is 6.80. The topological polar surface area (TPSA) is 35.9 Å². The molecule has 0 radical (unpaired) electrons. The van der Waals surface area contributed by atoms with Crippen molar-refractivity contribution in [2.24, 2.45) is 4.99 Å². The number of piperazine rings is 1. The number of hydrogen-bond acceptors (Lipinski definition) is 4. The van der Waals surface area contributed by atoms with Crippen molar-refractivity contribution in [1.29, 1.82) is 0 Å². The Morgan fingerprint density at radius 2 is 2.05 bits per heavy atom. The van der Waals surface area contributed by atoms with Gasteiger partial charge in [-0.3, -0.25) is 9.79 Å². The number of carbonyl (C=O) groups excluding carboxylic acids is 1. The summed E-state index contributed by atoms with van der Waals surface area (Å²) in [5, 5.41) is 1.75. The molecule has 2 aliphatic heterocycles. The number of nitrogens with zero attached hydrogens (tertiary/aromatic N) is 3. The summed E-state index contributed by atoms with van der Waals surface area (Å²) in [6, 6.07) is 0. The van der Waals surface area contributed by atoms with E-state index >= 15 is 0 Å². The molecule has 0 bridgehead atoms. The highest BCUT2D eigenvalue weighted by atomic mass is 32.2. The normalized spacial score (nSPS) is 24.5. The standard InChI is InChI=1S/C14H21N3OS/c1-3-4-5-6-13(18)16-7-9-17(10-8-16)14-15-11-12(2)19-14/h3-6,12H,7-11H2,1-2H3/b4-3+,6-5+/t12-/m0/s1. The molecule has 0 aromatic carbocycles. The smallest absolute Gasteiger partial charge is 0.246 e. The molecule has 19 heavy (non-hydrogen) atoms. The van der Waals surface area contributed by atoms with Crippen molar-refractivity contribution >= 4 is 22.8 Å². The van der Waals surface area contributed by atoms with Crippen LogP contribution in [0.2, 0.25) is 0 Å². The molecule has 0 aromatic rings. The maximum absolute atomic E-state index is 11.9. The van der Waals surface area contributed by atoms with Gasteiger partial charge in [-0.05, 0) is 6.92 Å². The third-order valence-electron chi connectivity index (χ3n) is 3.19. The van der Waals surface area contributed by atoms with Crippen LogP contribution in [0.25, 0.3) is 0 Å². The minimum Gasteiger partial charge on any atom is -0.348 e. The van der Waals surface area contributed by atoms with Crippen LogP contribution in [-0.2, 0) is 4.79 Å². The Hall–Kier alpha value is -1.23. The molecule has 2 rings (SSSR count). The fraction of sp³-hybridized carbons (Fsp3) is 0.571. The number of aliphatic imine (C=N–C) groups is 1. The van der Waals surface area contributed by atoms with E-state index in [0.717, 1.165) is 37.9 Å². The van der Waals surface area contributed by atoms with Crippen LogP contribution in [0, 0.1) is 0 Å². The molecule has 4 nitrogen and oxygen atoms in total.